The van der Waals surface area contributed by atoms with Crippen LogP contribution in [0.3, 0.4) is 0 Å². The van der Waals surface area contributed by atoms with Gasteiger partial charge in [-0.2, -0.15) is 0 Å². The summed E-state index contributed by atoms with van der Waals surface area (Å²) in [4.78, 5) is 29.0. The SMILES string of the molecule is Cc1nc(C(C)C)sc1C(=O)NCC(=O)Nc1ccc(Cl)cc1. The predicted octanol–water partition coefficient (Wildman–Crippen LogP) is 3.60. The van der Waals surface area contributed by atoms with Crippen molar-refractivity contribution in [2.45, 2.75) is 26.7 Å². The third-order valence-corrected chi connectivity index (χ3v) is 4.76. The van der Waals surface area contributed by atoms with Gasteiger partial charge in [-0.15, -0.1) is 11.3 Å². The average molecular weight is 352 g/mol. The molecular formula is C16H18ClN3O2S. The fourth-order valence-electron chi connectivity index (χ4n) is 1.85. The van der Waals surface area contributed by atoms with Crippen LogP contribution >= 0.6 is 22.9 Å². The van der Waals surface area contributed by atoms with Gasteiger partial charge in [0.2, 0.25) is 5.91 Å². The molecule has 2 rings (SSSR count). The number of thiazole rings is 1. The highest BCUT2D eigenvalue weighted by Gasteiger charge is 2.17. The highest BCUT2D eigenvalue weighted by molar-refractivity contribution is 7.13. The van der Waals surface area contributed by atoms with Crippen molar-refractivity contribution in [2.24, 2.45) is 0 Å². The van der Waals surface area contributed by atoms with Crippen LogP contribution in [0, 0.1) is 6.92 Å². The lowest BCUT2D eigenvalue weighted by Gasteiger charge is -2.06. The number of nitrogens with one attached hydrogen (secondary N) is 2. The van der Waals surface area contributed by atoms with Gasteiger partial charge in [-0.1, -0.05) is 25.4 Å². The van der Waals surface area contributed by atoms with Crippen molar-refractivity contribution in [2.75, 3.05) is 11.9 Å². The zero-order valence-corrected chi connectivity index (χ0v) is 14.7. The lowest BCUT2D eigenvalue weighted by molar-refractivity contribution is -0.115. The Balaban J connectivity index is 1.91. The molecule has 2 aromatic rings. The summed E-state index contributed by atoms with van der Waals surface area (Å²) in [6.07, 6.45) is 0. The van der Waals surface area contributed by atoms with E-state index >= 15 is 0 Å². The van der Waals surface area contributed by atoms with E-state index < -0.39 is 0 Å². The molecule has 0 spiro atoms. The Bertz CT molecular complexity index is 711. The molecule has 5 nitrogen and oxygen atoms in total. The van der Waals surface area contributed by atoms with Gasteiger partial charge in [0, 0.05) is 16.6 Å². The number of hydrogen-bond donors (Lipinski definition) is 2. The van der Waals surface area contributed by atoms with Gasteiger partial charge in [0.05, 0.1) is 17.2 Å². The van der Waals surface area contributed by atoms with E-state index in [-0.39, 0.29) is 24.3 Å². The second-order valence-corrected chi connectivity index (χ2v) is 6.83. The van der Waals surface area contributed by atoms with Gasteiger partial charge in [-0.05, 0) is 31.2 Å². The maximum atomic E-state index is 12.2. The third-order valence-electron chi connectivity index (χ3n) is 3.05. The molecule has 1 aromatic carbocycles. The van der Waals surface area contributed by atoms with Gasteiger partial charge < -0.3 is 10.6 Å². The van der Waals surface area contributed by atoms with Crippen LogP contribution in [0.1, 0.15) is 40.1 Å². The Kier molecular flexibility index (Phi) is 5.74. The molecule has 1 aromatic heterocycles. The number of aromatic nitrogens is 1. The lowest BCUT2D eigenvalue weighted by Crippen LogP contribution is -2.32. The summed E-state index contributed by atoms with van der Waals surface area (Å²) in [5.41, 5.74) is 1.32. The molecule has 2 amide bonds. The van der Waals surface area contributed by atoms with Crippen molar-refractivity contribution in [3.05, 3.63) is 44.9 Å². The molecule has 23 heavy (non-hydrogen) atoms. The van der Waals surface area contributed by atoms with Crippen LogP contribution in [-0.4, -0.2) is 23.3 Å². The number of carbonyl (C=O) groups is 2. The van der Waals surface area contributed by atoms with Crippen molar-refractivity contribution >= 4 is 40.4 Å². The van der Waals surface area contributed by atoms with Gasteiger partial charge in [-0.25, -0.2) is 4.98 Å². The first-order valence-corrected chi connectivity index (χ1v) is 8.37. The van der Waals surface area contributed by atoms with Crippen LogP contribution in [0.4, 0.5) is 5.69 Å². The van der Waals surface area contributed by atoms with E-state index in [4.69, 9.17) is 11.6 Å². The van der Waals surface area contributed by atoms with E-state index in [1.807, 2.05) is 13.8 Å². The summed E-state index contributed by atoms with van der Waals surface area (Å²) in [5.74, 6) is -0.307. The second-order valence-electron chi connectivity index (χ2n) is 5.36. The minimum absolute atomic E-state index is 0.101. The van der Waals surface area contributed by atoms with Crippen LogP contribution in [0.25, 0.3) is 0 Å². The number of nitrogens with zero attached hydrogens (tertiary/aromatic N) is 1. The summed E-state index contributed by atoms with van der Waals surface area (Å²) >= 11 is 7.15. The maximum Gasteiger partial charge on any atom is 0.263 e. The number of carbonyl (C=O) groups excluding carboxylic acids is 2. The van der Waals surface area contributed by atoms with E-state index in [1.54, 1.807) is 31.2 Å². The summed E-state index contributed by atoms with van der Waals surface area (Å²) in [6.45, 7) is 5.75. The molecule has 0 bridgehead atoms. The molecule has 2 N–H and O–H groups in total. The minimum atomic E-state index is -0.299. The van der Waals surface area contributed by atoms with Crippen LogP contribution < -0.4 is 10.6 Å². The fourth-order valence-corrected chi connectivity index (χ4v) is 2.97. The van der Waals surface area contributed by atoms with Crippen molar-refractivity contribution in [1.29, 1.82) is 0 Å². The zero-order valence-electron chi connectivity index (χ0n) is 13.1. The quantitative estimate of drug-likeness (QED) is 0.864. The van der Waals surface area contributed by atoms with Crippen molar-refractivity contribution in [3.8, 4) is 0 Å². The van der Waals surface area contributed by atoms with Gasteiger partial charge in [0.25, 0.3) is 5.91 Å². The smallest absolute Gasteiger partial charge is 0.263 e. The van der Waals surface area contributed by atoms with Gasteiger partial charge in [0.15, 0.2) is 0 Å². The largest absolute Gasteiger partial charge is 0.342 e. The van der Waals surface area contributed by atoms with Gasteiger partial charge >= 0.3 is 0 Å². The number of amides is 2. The molecule has 0 atom stereocenters. The molecule has 7 heteroatoms. The van der Waals surface area contributed by atoms with Crippen LogP contribution in [-0.2, 0) is 4.79 Å². The van der Waals surface area contributed by atoms with Gasteiger partial charge in [0.1, 0.15) is 4.88 Å². The Morgan fingerprint density at radius 2 is 1.91 bits per heavy atom. The molecule has 0 aliphatic heterocycles. The van der Waals surface area contributed by atoms with E-state index in [9.17, 15) is 9.59 Å². The van der Waals surface area contributed by atoms with E-state index in [2.05, 4.69) is 15.6 Å². The predicted molar refractivity (Wildman–Crippen MR) is 93.4 cm³/mol. The first-order chi connectivity index (χ1) is 10.9. The second kappa shape index (κ2) is 7.57. The Morgan fingerprint density at radius 1 is 1.26 bits per heavy atom. The summed E-state index contributed by atoms with van der Waals surface area (Å²) in [7, 11) is 0. The Hall–Kier alpha value is -1.92. The normalized spacial score (nSPS) is 10.7. The molecular weight excluding hydrogens is 334 g/mol. The molecule has 0 fully saturated rings. The highest BCUT2D eigenvalue weighted by atomic mass is 35.5. The lowest BCUT2D eigenvalue weighted by atomic mass is 10.2. The Morgan fingerprint density at radius 3 is 2.48 bits per heavy atom. The molecule has 0 aliphatic carbocycles. The van der Waals surface area contributed by atoms with E-state index in [0.29, 0.717) is 21.3 Å². The van der Waals surface area contributed by atoms with E-state index in [1.165, 1.54) is 11.3 Å². The molecule has 1 heterocycles. The number of benzene rings is 1. The third kappa shape index (κ3) is 4.77. The minimum Gasteiger partial charge on any atom is -0.342 e. The van der Waals surface area contributed by atoms with Crippen LogP contribution in [0.5, 0.6) is 0 Å². The molecule has 0 aliphatic rings. The first kappa shape index (κ1) is 17.4. The molecule has 0 unspecified atom stereocenters. The van der Waals surface area contributed by atoms with Crippen LogP contribution in [0.15, 0.2) is 24.3 Å². The number of rotatable bonds is 5. The number of anilines is 1. The zero-order chi connectivity index (χ0) is 17.0. The Labute approximate surface area is 144 Å². The summed E-state index contributed by atoms with van der Waals surface area (Å²) in [6, 6.07) is 6.77. The number of halogens is 1. The van der Waals surface area contributed by atoms with Crippen molar-refractivity contribution < 1.29 is 9.59 Å². The average Bonchev–Trinajstić information content (AvgIpc) is 2.89. The summed E-state index contributed by atoms with van der Waals surface area (Å²) in [5, 5.41) is 6.82. The standard InChI is InChI=1S/C16H18ClN3O2S/c1-9(2)16-19-10(3)14(23-16)15(22)18-8-13(21)20-12-6-4-11(17)5-7-12/h4-7,9H,8H2,1-3H3,(H,18,22)(H,20,21). The van der Waals surface area contributed by atoms with Gasteiger partial charge in [-0.3, -0.25) is 9.59 Å². The molecule has 0 saturated carbocycles. The van der Waals surface area contributed by atoms with Crippen LogP contribution in [0.2, 0.25) is 5.02 Å². The molecule has 0 radical (unpaired) electrons. The van der Waals surface area contributed by atoms with Crippen molar-refractivity contribution in [3.63, 3.8) is 0 Å². The topological polar surface area (TPSA) is 71.1 Å². The monoisotopic (exact) mass is 351 g/mol. The first-order valence-electron chi connectivity index (χ1n) is 7.17. The fraction of sp³-hybridized carbons (Fsp3) is 0.312. The van der Waals surface area contributed by atoms with E-state index in [0.717, 1.165) is 5.01 Å². The number of aryl methyl sites for hydroxylation is 1. The highest BCUT2D eigenvalue weighted by Crippen LogP contribution is 2.24. The maximum absolute atomic E-state index is 12.2. The summed E-state index contributed by atoms with van der Waals surface area (Å²) < 4.78 is 0. The molecule has 122 valence electrons. The molecule has 0 saturated heterocycles. The van der Waals surface area contributed by atoms with Crippen molar-refractivity contribution in [1.82, 2.24) is 10.3 Å². The number of hydrogen-bond acceptors (Lipinski definition) is 4.